The summed E-state index contributed by atoms with van der Waals surface area (Å²) in [6, 6.07) is 4.42. The van der Waals surface area contributed by atoms with Crippen LogP contribution in [0, 0.1) is 18.7 Å². The van der Waals surface area contributed by atoms with E-state index in [4.69, 9.17) is 10.8 Å². The van der Waals surface area contributed by atoms with Crippen LogP contribution in [0.5, 0.6) is 0 Å². The van der Waals surface area contributed by atoms with Gasteiger partial charge in [0.05, 0.1) is 5.92 Å². The third-order valence-electron chi connectivity index (χ3n) is 2.64. The molecule has 0 amide bonds. The molecular formula is C12H16FNO2. The van der Waals surface area contributed by atoms with E-state index in [1.165, 1.54) is 12.1 Å². The lowest BCUT2D eigenvalue weighted by molar-refractivity contribution is -0.141. The molecule has 0 aliphatic heterocycles. The zero-order valence-corrected chi connectivity index (χ0v) is 9.24. The van der Waals surface area contributed by atoms with Crippen LogP contribution in [0.4, 0.5) is 4.39 Å². The van der Waals surface area contributed by atoms with Gasteiger partial charge in [0.2, 0.25) is 0 Å². The molecule has 1 rings (SSSR count). The van der Waals surface area contributed by atoms with Crippen molar-refractivity contribution in [3.63, 3.8) is 0 Å². The molecule has 4 heteroatoms. The van der Waals surface area contributed by atoms with Crippen LogP contribution in [0.15, 0.2) is 18.2 Å². The van der Waals surface area contributed by atoms with Crippen molar-refractivity contribution in [1.82, 2.24) is 0 Å². The van der Waals surface area contributed by atoms with Gasteiger partial charge >= 0.3 is 5.97 Å². The summed E-state index contributed by atoms with van der Waals surface area (Å²) in [5.41, 5.74) is 7.00. The SMILES string of the molecule is Cc1ccc(F)cc1CC(CCN)C(=O)O. The van der Waals surface area contributed by atoms with Gasteiger partial charge in [-0.25, -0.2) is 4.39 Å². The fourth-order valence-electron chi connectivity index (χ4n) is 1.64. The third kappa shape index (κ3) is 3.31. The maximum atomic E-state index is 13.0. The van der Waals surface area contributed by atoms with Crippen LogP contribution in [0.1, 0.15) is 17.5 Å². The van der Waals surface area contributed by atoms with Crippen molar-refractivity contribution in [3.05, 3.63) is 35.1 Å². The Balaban J connectivity index is 2.84. The van der Waals surface area contributed by atoms with Gasteiger partial charge in [-0.2, -0.15) is 0 Å². The van der Waals surface area contributed by atoms with Crippen molar-refractivity contribution in [1.29, 1.82) is 0 Å². The molecule has 0 aliphatic rings. The van der Waals surface area contributed by atoms with E-state index in [2.05, 4.69) is 0 Å². The number of halogens is 1. The molecule has 88 valence electrons. The van der Waals surface area contributed by atoms with Crippen molar-refractivity contribution in [2.45, 2.75) is 19.8 Å². The number of benzene rings is 1. The van der Waals surface area contributed by atoms with Crippen LogP contribution in [-0.2, 0) is 11.2 Å². The summed E-state index contributed by atoms with van der Waals surface area (Å²) in [7, 11) is 0. The summed E-state index contributed by atoms with van der Waals surface area (Å²) < 4.78 is 13.0. The summed E-state index contributed by atoms with van der Waals surface area (Å²) >= 11 is 0. The van der Waals surface area contributed by atoms with Crippen LogP contribution in [0.2, 0.25) is 0 Å². The van der Waals surface area contributed by atoms with Crippen LogP contribution >= 0.6 is 0 Å². The lowest BCUT2D eigenvalue weighted by atomic mass is 9.93. The minimum Gasteiger partial charge on any atom is -0.481 e. The molecule has 0 fully saturated rings. The Morgan fingerprint density at radius 2 is 2.25 bits per heavy atom. The molecule has 1 atom stereocenters. The number of nitrogens with two attached hydrogens (primary N) is 1. The van der Waals surface area contributed by atoms with E-state index in [0.717, 1.165) is 11.1 Å². The number of carbonyl (C=O) groups is 1. The minimum atomic E-state index is -0.880. The lowest BCUT2D eigenvalue weighted by Crippen LogP contribution is -2.20. The molecule has 0 saturated carbocycles. The second kappa shape index (κ2) is 5.61. The van der Waals surface area contributed by atoms with Gasteiger partial charge in [-0.05, 0) is 49.6 Å². The van der Waals surface area contributed by atoms with Gasteiger partial charge < -0.3 is 10.8 Å². The highest BCUT2D eigenvalue weighted by atomic mass is 19.1. The maximum Gasteiger partial charge on any atom is 0.306 e. The standard InChI is InChI=1S/C12H16FNO2/c1-8-2-3-11(13)7-10(8)6-9(4-5-14)12(15)16/h2-3,7,9H,4-6,14H2,1H3,(H,15,16). The van der Waals surface area contributed by atoms with E-state index in [9.17, 15) is 9.18 Å². The second-order valence-corrected chi connectivity index (χ2v) is 3.89. The average Bonchev–Trinajstić information content (AvgIpc) is 2.22. The molecule has 3 N–H and O–H groups in total. The van der Waals surface area contributed by atoms with Gasteiger partial charge in [-0.1, -0.05) is 6.07 Å². The summed E-state index contributed by atoms with van der Waals surface area (Å²) in [4.78, 5) is 10.9. The Labute approximate surface area is 94.1 Å². The van der Waals surface area contributed by atoms with Crippen LogP contribution < -0.4 is 5.73 Å². The average molecular weight is 225 g/mol. The number of hydrogen-bond acceptors (Lipinski definition) is 2. The van der Waals surface area contributed by atoms with Crippen molar-refractivity contribution in [2.75, 3.05) is 6.54 Å². The molecule has 1 aromatic carbocycles. The third-order valence-corrected chi connectivity index (χ3v) is 2.64. The second-order valence-electron chi connectivity index (χ2n) is 3.89. The topological polar surface area (TPSA) is 63.3 Å². The molecule has 0 aliphatic carbocycles. The fraction of sp³-hybridized carbons (Fsp3) is 0.417. The van der Waals surface area contributed by atoms with Crippen molar-refractivity contribution >= 4 is 5.97 Å². The van der Waals surface area contributed by atoms with E-state index in [-0.39, 0.29) is 5.82 Å². The zero-order valence-electron chi connectivity index (χ0n) is 9.24. The Kier molecular flexibility index (Phi) is 4.43. The van der Waals surface area contributed by atoms with Gasteiger partial charge in [0.15, 0.2) is 0 Å². The van der Waals surface area contributed by atoms with E-state index in [0.29, 0.717) is 19.4 Å². The molecule has 3 nitrogen and oxygen atoms in total. The smallest absolute Gasteiger partial charge is 0.306 e. The highest BCUT2D eigenvalue weighted by Gasteiger charge is 2.18. The highest BCUT2D eigenvalue weighted by Crippen LogP contribution is 2.17. The van der Waals surface area contributed by atoms with E-state index in [1.807, 2.05) is 6.92 Å². The summed E-state index contributed by atoms with van der Waals surface area (Å²) in [5, 5.41) is 8.98. The number of aryl methyl sites for hydroxylation is 1. The highest BCUT2D eigenvalue weighted by molar-refractivity contribution is 5.70. The number of rotatable bonds is 5. The quantitative estimate of drug-likeness (QED) is 0.802. The molecule has 0 spiro atoms. The normalized spacial score (nSPS) is 12.4. The molecule has 16 heavy (non-hydrogen) atoms. The first kappa shape index (κ1) is 12.6. The van der Waals surface area contributed by atoms with Gasteiger partial charge in [-0.3, -0.25) is 4.79 Å². The number of aliphatic carboxylic acids is 1. The number of hydrogen-bond donors (Lipinski definition) is 2. The largest absolute Gasteiger partial charge is 0.481 e. The fourth-order valence-corrected chi connectivity index (χ4v) is 1.64. The maximum absolute atomic E-state index is 13.0. The van der Waals surface area contributed by atoms with Crippen molar-refractivity contribution < 1.29 is 14.3 Å². The van der Waals surface area contributed by atoms with Gasteiger partial charge in [0.25, 0.3) is 0 Å². The molecule has 0 aromatic heterocycles. The van der Waals surface area contributed by atoms with Gasteiger partial charge in [-0.15, -0.1) is 0 Å². The molecule has 0 radical (unpaired) electrons. The summed E-state index contributed by atoms with van der Waals surface area (Å²) in [6.45, 7) is 2.17. The monoisotopic (exact) mass is 225 g/mol. The predicted octanol–water partition coefficient (Wildman–Crippen LogP) is 1.73. The van der Waals surface area contributed by atoms with Crippen molar-refractivity contribution in [3.8, 4) is 0 Å². The first-order valence-electron chi connectivity index (χ1n) is 5.22. The molecule has 1 aromatic rings. The van der Waals surface area contributed by atoms with Gasteiger partial charge in [0, 0.05) is 0 Å². The Hall–Kier alpha value is -1.42. The molecular weight excluding hydrogens is 209 g/mol. The van der Waals surface area contributed by atoms with Crippen LogP contribution in [0.25, 0.3) is 0 Å². The van der Waals surface area contributed by atoms with E-state index in [1.54, 1.807) is 6.07 Å². The summed E-state index contributed by atoms with van der Waals surface area (Å²) in [6.07, 6.45) is 0.738. The Bertz CT molecular complexity index is 379. The number of carboxylic acids is 1. The first-order valence-corrected chi connectivity index (χ1v) is 5.22. The first-order chi connectivity index (χ1) is 7.54. The molecule has 1 unspecified atom stereocenters. The van der Waals surface area contributed by atoms with E-state index < -0.39 is 11.9 Å². The Morgan fingerprint density at radius 3 is 2.81 bits per heavy atom. The lowest BCUT2D eigenvalue weighted by Gasteiger charge is -2.13. The number of carboxylic acid groups (broad SMARTS) is 1. The van der Waals surface area contributed by atoms with Crippen LogP contribution in [-0.4, -0.2) is 17.6 Å². The molecule has 0 saturated heterocycles. The van der Waals surface area contributed by atoms with Crippen LogP contribution in [0.3, 0.4) is 0 Å². The molecule has 0 heterocycles. The Morgan fingerprint density at radius 1 is 1.56 bits per heavy atom. The van der Waals surface area contributed by atoms with Crippen molar-refractivity contribution in [2.24, 2.45) is 11.7 Å². The van der Waals surface area contributed by atoms with Gasteiger partial charge in [0.1, 0.15) is 5.82 Å². The minimum absolute atomic E-state index is 0.325. The predicted molar refractivity (Wildman–Crippen MR) is 59.6 cm³/mol. The molecule has 0 bridgehead atoms. The van der Waals surface area contributed by atoms with E-state index >= 15 is 0 Å². The summed E-state index contributed by atoms with van der Waals surface area (Å²) in [5.74, 6) is -1.75. The zero-order chi connectivity index (χ0) is 12.1.